The molecule has 0 saturated carbocycles. The zero-order valence-corrected chi connectivity index (χ0v) is 12.6. The average Bonchev–Trinajstić information content (AvgIpc) is 2.46. The van der Waals surface area contributed by atoms with Crippen LogP contribution in [0.25, 0.3) is 10.9 Å². The van der Waals surface area contributed by atoms with E-state index < -0.39 is 17.6 Å². The van der Waals surface area contributed by atoms with Crippen LogP contribution >= 0.6 is 11.6 Å². The minimum atomic E-state index is -4.60. The van der Waals surface area contributed by atoms with Crippen molar-refractivity contribution in [2.24, 2.45) is 0 Å². The summed E-state index contributed by atoms with van der Waals surface area (Å²) in [6, 6.07) is 9.01. The van der Waals surface area contributed by atoms with Gasteiger partial charge in [0.2, 0.25) is 5.28 Å². The fourth-order valence-corrected chi connectivity index (χ4v) is 2.33. The van der Waals surface area contributed by atoms with Crippen molar-refractivity contribution in [2.75, 3.05) is 5.32 Å². The van der Waals surface area contributed by atoms with Gasteiger partial charge in [0.25, 0.3) is 0 Å². The van der Waals surface area contributed by atoms with Crippen molar-refractivity contribution < 1.29 is 13.2 Å². The molecule has 1 N–H and O–H groups in total. The Labute approximate surface area is 134 Å². The Morgan fingerprint density at radius 2 is 1.87 bits per heavy atom. The van der Waals surface area contributed by atoms with Crippen molar-refractivity contribution >= 4 is 34.1 Å². The number of aromatic nitrogens is 3. The highest BCUT2D eigenvalue weighted by molar-refractivity contribution is 6.28. The van der Waals surface area contributed by atoms with E-state index in [0.717, 1.165) is 10.9 Å². The molecule has 4 nitrogen and oxygen atoms in total. The molecule has 0 fully saturated rings. The number of anilines is 2. The molecule has 2 aromatic heterocycles. The van der Waals surface area contributed by atoms with Gasteiger partial charge in [-0.1, -0.05) is 18.2 Å². The summed E-state index contributed by atoms with van der Waals surface area (Å²) in [4.78, 5) is 11.3. The number of nitrogens with zero attached hydrogens (tertiary/aromatic N) is 3. The lowest BCUT2D eigenvalue weighted by atomic mass is 10.1. The van der Waals surface area contributed by atoms with E-state index in [-0.39, 0.29) is 11.1 Å². The first-order valence-electron chi connectivity index (χ1n) is 6.58. The van der Waals surface area contributed by atoms with Gasteiger partial charge >= 0.3 is 6.18 Å². The maximum atomic E-state index is 13.0. The molecule has 0 unspecified atom stereocenters. The lowest BCUT2D eigenvalue weighted by molar-refractivity contribution is -0.137. The number of pyridine rings is 1. The fourth-order valence-electron chi connectivity index (χ4n) is 2.20. The zero-order valence-electron chi connectivity index (χ0n) is 11.8. The molecule has 0 atom stereocenters. The number of halogens is 4. The Morgan fingerprint density at radius 3 is 2.61 bits per heavy atom. The molecular weight excluding hydrogens is 329 g/mol. The normalized spacial score (nSPS) is 11.7. The van der Waals surface area contributed by atoms with Crippen LogP contribution in [0, 0.1) is 6.92 Å². The van der Waals surface area contributed by atoms with Crippen molar-refractivity contribution in [3.05, 3.63) is 52.9 Å². The second-order valence-corrected chi connectivity index (χ2v) is 5.20. The summed E-state index contributed by atoms with van der Waals surface area (Å²) in [6.45, 7) is 1.85. The first-order valence-corrected chi connectivity index (χ1v) is 6.95. The van der Waals surface area contributed by atoms with Gasteiger partial charge in [-0.25, -0.2) is 9.97 Å². The van der Waals surface area contributed by atoms with Crippen LogP contribution in [0.4, 0.5) is 24.8 Å². The molecule has 3 aromatic rings. The second-order valence-electron chi connectivity index (χ2n) is 4.87. The first kappa shape index (κ1) is 15.5. The Bertz CT molecular complexity index is 880. The van der Waals surface area contributed by atoms with Crippen LogP contribution in [-0.2, 0) is 6.18 Å². The number of benzene rings is 1. The quantitative estimate of drug-likeness (QED) is 0.685. The molecule has 118 valence electrons. The summed E-state index contributed by atoms with van der Waals surface area (Å²) in [7, 11) is 0. The van der Waals surface area contributed by atoms with Gasteiger partial charge in [0.05, 0.1) is 5.52 Å². The number of aryl methyl sites for hydroxylation is 1. The molecule has 2 heterocycles. The average molecular weight is 339 g/mol. The monoisotopic (exact) mass is 338 g/mol. The lowest BCUT2D eigenvalue weighted by Gasteiger charge is -2.13. The van der Waals surface area contributed by atoms with Gasteiger partial charge in [-0.15, -0.1) is 0 Å². The zero-order chi connectivity index (χ0) is 16.6. The van der Waals surface area contributed by atoms with Crippen LogP contribution in [0.2, 0.25) is 5.28 Å². The van der Waals surface area contributed by atoms with Gasteiger partial charge in [0.1, 0.15) is 17.2 Å². The van der Waals surface area contributed by atoms with Gasteiger partial charge in [-0.3, -0.25) is 0 Å². The Balaban J connectivity index is 2.07. The van der Waals surface area contributed by atoms with Crippen molar-refractivity contribution in [1.82, 2.24) is 15.0 Å². The van der Waals surface area contributed by atoms with E-state index in [2.05, 4.69) is 20.3 Å². The number of hydrogen-bond donors (Lipinski definition) is 1. The highest BCUT2D eigenvalue weighted by Gasteiger charge is 2.35. The van der Waals surface area contributed by atoms with Gasteiger partial charge in [0, 0.05) is 11.6 Å². The van der Waals surface area contributed by atoms with Crippen molar-refractivity contribution in [3.63, 3.8) is 0 Å². The number of para-hydroxylation sites is 1. The molecule has 3 rings (SSSR count). The largest absolute Gasteiger partial charge is 0.421 e. The number of fused-ring (bicyclic) bond motifs is 1. The van der Waals surface area contributed by atoms with E-state index >= 15 is 0 Å². The van der Waals surface area contributed by atoms with Crippen molar-refractivity contribution in [3.8, 4) is 0 Å². The van der Waals surface area contributed by atoms with Gasteiger partial charge in [-0.05, 0) is 36.2 Å². The van der Waals surface area contributed by atoms with Crippen LogP contribution in [0.5, 0.6) is 0 Å². The van der Waals surface area contributed by atoms with E-state index in [1.807, 2.05) is 19.1 Å². The Kier molecular flexibility index (Phi) is 3.81. The summed E-state index contributed by atoms with van der Waals surface area (Å²) in [5, 5.41) is 3.23. The summed E-state index contributed by atoms with van der Waals surface area (Å²) >= 11 is 5.61. The summed E-state index contributed by atoms with van der Waals surface area (Å²) < 4.78 is 39.1. The number of hydrogen-bond acceptors (Lipinski definition) is 4. The predicted molar refractivity (Wildman–Crippen MR) is 81.8 cm³/mol. The summed E-state index contributed by atoms with van der Waals surface area (Å²) in [5.74, 6) is -0.179. The number of alkyl halides is 3. The van der Waals surface area contributed by atoms with E-state index in [1.165, 1.54) is 0 Å². The van der Waals surface area contributed by atoms with Crippen molar-refractivity contribution in [2.45, 2.75) is 13.1 Å². The van der Waals surface area contributed by atoms with Crippen LogP contribution in [0.15, 0.2) is 36.5 Å². The predicted octanol–water partition coefficient (Wildman–Crippen LogP) is 4.75. The SMILES string of the molecule is Cc1cc(Nc2nc(Cl)ncc2C(F)(F)F)nc2ccccc12. The third-order valence-corrected chi connectivity index (χ3v) is 3.42. The summed E-state index contributed by atoms with van der Waals surface area (Å²) in [5.41, 5.74) is 0.546. The number of rotatable bonds is 2. The maximum Gasteiger partial charge on any atom is 0.421 e. The van der Waals surface area contributed by atoms with Gasteiger partial charge in [-0.2, -0.15) is 18.2 Å². The Hall–Kier alpha value is -2.41. The van der Waals surface area contributed by atoms with E-state index in [1.54, 1.807) is 18.2 Å². The maximum absolute atomic E-state index is 13.0. The minimum Gasteiger partial charge on any atom is -0.324 e. The molecule has 8 heteroatoms. The van der Waals surface area contributed by atoms with Crippen molar-refractivity contribution in [1.29, 1.82) is 0 Å². The lowest BCUT2D eigenvalue weighted by Crippen LogP contribution is -2.12. The van der Waals surface area contributed by atoms with Crippen LogP contribution < -0.4 is 5.32 Å². The minimum absolute atomic E-state index is 0.251. The van der Waals surface area contributed by atoms with Gasteiger partial charge < -0.3 is 5.32 Å². The molecule has 0 bridgehead atoms. The third-order valence-electron chi connectivity index (χ3n) is 3.23. The van der Waals surface area contributed by atoms with Crippen LogP contribution in [-0.4, -0.2) is 15.0 Å². The first-order chi connectivity index (χ1) is 10.8. The molecule has 0 spiro atoms. The Morgan fingerprint density at radius 1 is 1.13 bits per heavy atom. The molecule has 0 saturated heterocycles. The highest BCUT2D eigenvalue weighted by Crippen LogP contribution is 2.35. The molecule has 0 amide bonds. The molecule has 0 aliphatic carbocycles. The van der Waals surface area contributed by atoms with E-state index in [4.69, 9.17) is 11.6 Å². The summed E-state index contributed by atoms with van der Waals surface area (Å²) in [6.07, 6.45) is -3.95. The molecule has 1 aromatic carbocycles. The fraction of sp³-hybridized carbons (Fsp3) is 0.133. The third kappa shape index (κ3) is 3.19. The van der Waals surface area contributed by atoms with Crippen LogP contribution in [0.3, 0.4) is 0 Å². The van der Waals surface area contributed by atoms with Gasteiger partial charge in [0.15, 0.2) is 0 Å². The molecule has 0 aliphatic heterocycles. The topological polar surface area (TPSA) is 50.7 Å². The molecule has 0 radical (unpaired) electrons. The smallest absolute Gasteiger partial charge is 0.324 e. The van der Waals surface area contributed by atoms with Crippen LogP contribution in [0.1, 0.15) is 11.1 Å². The number of nitrogens with one attached hydrogen (secondary N) is 1. The second kappa shape index (κ2) is 5.66. The molecular formula is C15H10ClF3N4. The standard InChI is InChI=1S/C15H10ClF3N4/c1-8-6-12(21-11-5-3-2-4-9(8)11)22-13-10(15(17,18)19)7-20-14(16)23-13/h2-7H,1H3,(H,20,21,22,23). The molecule has 0 aliphatic rings. The highest BCUT2D eigenvalue weighted by atomic mass is 35.5. The van der Waals surface area contributed by atoms with E-state index in [0.29, 0.717) is 11.7 Å². The van der Waals surface area contributed by atoms with E-state index in [9.17, 15) is 13.2 Å². The molecule has 23 heavy (non-hydrogen) atoms.